The summed E-state index contributed by atoms with van der Waals surface area (Å²) in [5.41, 5.74) is -0.538. The molecule has 0 amide bonds. The second-order valence-corrected chi connectivity index (χ2v) is 4.97. The van der Waals surface area contributed by atoms with Crippen LogP contribution in [0.15, 0.2) is 0 Å². The van der Waals surface area contributed by atoms with E-state index in [1.165, 1.54) is 0 Å². The molecule has 90 valence electrons. The van der Waals surface area contributed by atoms with Gasteiger partial charge in [-0.25, -0.2) is 0 Å². The van der Waals surface area contributed by atoms with Crippen molar-refractivity contribution < 1.29 is 9.84 Å². The van der Waals surface area contributed by atoms with Crippen molar-refractivity contribution in [1.82, 2.24) is 5.32 Å². The Hall–Kier alpha value is -0.120. The number of nitrogens with one attached hydrogen (secondary N) is 1. The number of hydrogen-bond acceptors (Lipinski definition) is 3. The summed E-state index contributed by atoms with van der Waals surface area (Å²) in [4.78, 5) is 0. The van der Waals surface area contributed by atoms with Crippen molar-refractivity contribution in [2.75, 3.05) is 13.2 Å². The maximum Gasteiger partial charge on any atom is 0.0766 e. The molecule has 2 atom stereocenters. The van der Waals surface area contributed by atoms with Crippen molar-refractivity contribution in [3.05, 3.63) is 0 Å². The summed E-state index contributed by atoms with van der Waals surface area (Å²) in [5.74, 6) is 0. The fourth-order valence-electron chi connectivity index (χ4n) is 1.93. The van der Waals surface area contributed by atoms with Gasteiger partial charge in [-0.05, 0) is 33.1 Å². The fraction of sp³-hybridized carbons (Fsp3) is 1.00. The van der Waals surface area contributed by atoms with Gasteiger partial charge in [0.1, 0.15) is 0 Å². The lowest BCUT2D eigenvalue weighted by Gasteiger charge is -2.34. The molecule has 0 aromatic carbocycles. The second-order valence-electron chi connectivity index (χ2n) is 4.97. The Labute approximate surface area is 93.2 Å². The molecule has 0 saturated carbocycles. The first-order valence-corrected chi connectivity index (χ1v) is 6.05. The van der Waals surface area contributed by atoms with Crippen LogP contribution in [0.3, 0.4) is 0 Å². The summed E-state index contributed by atoms with van der Waals surface area (Å²) in [6, 6.07) is 0. The summed E-state index contributed by atoms with van der Waals surface area (Å²) >= 11 is 0. The lowest BCUT2D eigenvalue weighted by atomic mass is 9.91. The first kappa shape index (κ1) is 12.9. The highest BCUT2D eigenvalue weighted by molar-refractivity contribution is 4.95. The van der Waals surface area contributed by atoms with Crippen LogP contribution in [0.25, 0.3) is 0 Å². The Bertz CT molecular complexity index is 204. The van der Waals surface area contributed by atoms with E-state index >= 15 is 0 Å². The normalized spacial score (nSPS) is 32.2. The highest BCUT2D eigenvalue weighted by atomic mass is 16.5. The molecule has 1 fully saturated rings. The SMILES string of the molecule is CCC(O)(CC)CNC1(C)CCOC1C. The molecule has 0 aromatic heterocycles. The van der Waals surface area contributed by atoms with Crippen molar-refractivity contribution in [2.24, 2.45) is 0 Å². The molecule has 0 bridgehead atoms. The molecule has 1 aliphatic rings. The molecule has 0 radical (unpaired) electrons. The Morgan fingerprint density at radius 3 is 2.47 bits per heavy atom. The van der Waals surface area contributed by atoms with Gasteiger partial charge in [0.25, 0.3) is 0 Å². The average Bonchev–Trinajstić information content (AvgIpc) is 2.57. The van der Waals surface area contributed by atoms with Crippen molar-refractivity contribution in [2.45, 2.75) is 64.2 Å². The van der Waals surface area contributed by atoms with Gasteiger partial charge in [0.05, 0.1) is 11.7 Å². The smallest absolute Gasteiger partial charge is 0.0766 e. The molecule has 3 nitrogen and oxygen atoms in total. The van der Waals surface area contributed by atoms with E-state index < -0.39 is 5.60 Å². The average molecular weight is 215 g/mol. The van der Waals surface area contributed by atoms with Crippen LogP contribution in [0.2, 0.25) is 0 Å². The molecule has 2 N–H and O–H groups in total. The number of ether oxygens (including phenoxy) is 1. The molecule has 2 unspecified atom stereocenters. The third kappa shape index (κ3) is 2.92. The topological polar surface area (TPSA) is 41.5 Å². The molecule has 3 heteroatoms. The van der Waals surface area contributed by atoms with Gasteiger partial charge in [-0.15, -0.1) is 0 Å². The number of aliphatic hydroxyl groups is 1. The zero-order chi connectivity index (χ0) is 11.5. The van der Waals surface area contributed by atoms with E-state index in [1.807, 2.05) is 13.8 Å². The van der Waals surface area contributed by atoms with Crippen LogP contribution < -0.4 is 5.32 Å². The van der Waals surface area contributed by atoms with E-state index in [4.69, 9.17) is 4.74 Å². The lowest BCUT2D eigenvalue weighted by molar-refractivity contribution is 0.0169. The van der Waals surface area contributed by atoms with Gasteiger partial charge in [-0.1, -0.05) is 13.8 Å². The van der Waals surface area contributed by atoms with Crippen molar-refractivity contribution in [3.8, 4) is 0 Å². The molecular weight excluding hydrogens is 190 g/mol. The van der Waals surface area contributed by atoms with Crippen LogP contribution in [0.1, 0.15) is 47.0 Å². The van der Waals surface area contributed by atoms with E-state index in [1.54, 1.807) is 0 Å². The molecule has 0 spiro atoms. The third-order valence-electron chi connectivity index (χ3n) is 4.02. The van der Waals surface area contributed by atoms with Gasteiger partial charge in [0.15, 0.2) is 0 Å². The van der Waals surface area contributed by atoms with E-state index in [0.29, 0.717) is 6.54 Å². The largest absolute Gasteiger partial charge is 0.389 e. The van der Waals surface area contributed by atoms with Gasteiger partial charge in [0.2, 0.25) is 0 Å². The summed E-state index contributed by atoms with van der Waals surface area (Å²) in [7, 11) is 0. The molecule has 0 aliphatic carbocycles. The van der Waals surface area contributed by atoms with Gasteiger partial charge >= 0.3 is 0 Å². The highest BCUT2D eigenvalue weighted by Crippen LogP contribution is 2.26. The Morgan fingerprint density at radius 1 is 1.47 bits per heavy atom. The molecule has 0 aromatic rings. The third-order valence-corrected chi connectivity index (χ3v) is 4.02. The number of rotatable bonds is 5. The van der Waals surface area contributed by atoms with Gasteiger partial charge < -0.3 is 15.2 Å². The maximum atomic E-state index is 10.2. The standard InChI is InChI=1S/C12H25NO2/c1-5-12(14,6-2)9-13-11(4)7-8-15-10(11)3/h10,13-14H,5-9H2,1-4H3. The van der Waals surface area contributed by atoms with E-state index in [0.717, 1.165) is 25.9 Å². The minimum Gasteiger partial charge on any atom is -0.389 e. The Balaban J connectivity index is 2.48. The Morgan fingerprint density at radius 2 is 2.07 bits per heavy atom. The zero-order valence-electron chi connectivity index (χ0n) is 10.5. The van der Waals surface area contributed by atoms with E-state index in [9.17, 15) is 5.11 Å². The summed E-state index contributed by atoms with van der Waals surface area (Å²) < 4.78 is 5.56. The van der Waals surface area contributed by atoms with Crippen molar-refractivity contribution in [3.63, 3.8) is 0 Å². The predicted octanol–water partition coefficient (Wildman–Crippen LogP) is 1.69. The minimum atomic E-state index is -0.564. The van der Waals surface area contributed by atoms with E-state index in [-0.39, 0.29) is 11.6 Å². The maximum absolute atomic E-state index is 10.2. The Kier molecular flexibility index (Phi) is 4.15. The molecule has 15 heavy (non-hydrogen) atoms. The van der Waals surface area contributed by atoms with Crippen LogP contribution in [0.5, 0.6) is 0 Å². The van der Waals surface area contributed by atoms with Crippen LogP contribution in [0.4, 0.5) is 0 Å². The molecule has 1 aliphatic heterocycles. The lowest BCUT2D eigenvalue weighted by Crippen LogP contribution is -2.53. The fourth-order valence-corrected chi connectivity index (χ4v) is 1.93. The van der Waals surface area contributed by atoms with Gasteiger partial charge in [-0.3, -0.25) is 0 Å². The summed E-state index contributed by atoms with van der Waals surface area (Å²) in [6.45, 7) is 9.81. The van der Waals surface area contributed by atoms with E-state index in [2.05, 4.69) is 19.2 Å². The van der Waals surface area contributed by atoms with Gasteiger partial charge in [-0.2, -0.15) is 0 Å². The monoisotopic (exact) mass is 215 g/mol. The minimum absolute atomic E-state index is 0.0261. The predicted molar refractivity (Wildman–Crippen MR) is 62.0 cm³/mol. The van der Waals surface area contributed by atoms with Crippen LogP contribution >= 0.6 is 0 Å². The van der Waals surface area contributed by atoms with Crippen LogP contribution in [-0.2, 0) is 4.74 Å². The quantitative estimate of drug-likeness (QED) is 0.733. The summed E-state index contributed by atoms with van der Waals surface area (Å²) in [6.07, 6.45) is 2.84. The van der Waals surface area contributed by atoms with Crippen molar-refractivity contribution in [1.29, 1.82) is 0 Å². The number of hydrogen-bond donors (Lipinski definition) is 2. The van der Waals surface area contributed by atoms with Crippen LogP contribution in [-0.4, -0.2) is 35.5 Å². The summed E-state index contributed by atoms with van der Waals surface area (Å²) in [5, 5.41) is 13.7. The molecule has 1 heterocycles. The zero-order valence-corrected chi connectivity index (χ0v) is 10.5. The van der Waals surface area contributed by atoms with Crippen molar-refractivity contribution >= 4 is 0 Å². The van der Waals surface area contributed by atoms with Crippen LogP contribution in [0, 0.1) is 0 Å². The highest BCUT2D eigenvalue weighted by Gasteiger charge is 2.38. The first-order valence-electron chi connectivity index (χ1n) is 6.05. The molecule has 1 saturated heterocycles. The molecule has 1 rings (SSSR count). The van der Waals surface area contributed by atoms with Gasteiger partial charge in [0, 0.05) is 18.7 Å². The number of β-amino-alcohol motifs (C(OH)–C–C–N with tert-alkyl or cyclic N) is 1. The molecular formula is C12H25NO2. The second kappa shape index (κ2) is 4.81. The first-order chi connectivity index (χ1) is 6.96.